The Kier molecular flexibility index (Phi) is 4.63. The minimum absolute atomic E-state index is 0.142. The number of anilines is 1. The summed E-state index contributed by atoms with van der Waals surface area (Å²) in [6.45, 7) is 4.34. The van der Waals surface area contributed by atoms with E-state index < -0.39 is 5.54 Å². The van der Waals surface area contributed by atoms with Crippen molar-refractivity contribution in [2.45, 2.75) is 45.1 Å². The van der Waals surface area contributed by atoms with E-state index in [1.54, 1.807) is 12.1 Å². The Balaban J connectivity index is 2.17. The van der Waals surface area contributed by atoms with E-state index >= 15 is 0 Å². The number of hydrogen-bond acceptors (Lipinski definition) is 3. The summed E-state index contributed by atoms with van der Waals surface area (Å²) in [5.74, 6) is -0.299. The lowest BCUT2D eigenvalue weighted by molar-refractivity contribution is -0.121. The van der Waals surface area contributed by atoms with Gasteiger partial charge in [0.15, 0.2) is 0 Å². The third-order valence-corrected chi connectivity index (χ3v) is 4.03. The Morgan fingerprint density at radius 2 is 1.95 bits per heavy atom. The average Bonchev–Trinajstić information content (AvgIpc) is 2.89. The highest BCUT2D eigenvalue weighted by Gasteiger charge is 2.37. The van der Waals surface area contributed by atoms with Crippen LogP contribution in [0.5, 0.6) is 0 Å². The maximum atomic E-state index is 12.4. The molecule has 0 spiro atoms. The van der Waals surface area contributed by atoms with Gasteiger partial charge in [-0.25, -0.2) is 0 Å². The molecule has 1 aliphatic rings. The maximum absolute atomic E-state index is 12.4. The van der Waals surface area contributed by atoms with Crippen molar-refractivity contribution in [3.8, 4) is 0 Å². The first-order valence-electron chi connectivity index (χ1n) is 7.45. The molecule has 1 aliphatic carbocycles. The molecule has 1 aromatic carbocycles. The van der Waals surface area contributed by atoms with E-state index in [-0.39, 0.29) is 11.8 Å². The standard InChI is InChI=1S/C16H23N3O2/c1-3-18-14(20)12-7-6-11(2)13(10-12)19-15(21)16(17)8-4-5-9-16/h6-7,10H,3-5,8-9,17H2,1-2H3,(H,18,20)(H,19,21). The minimum atomic E-state index is -0.770. The van der Waals surface area contributed by atoms with E-state index in [1.807, 2.05) is 19.9 Å². The number of amides is 2. The van der Waals surface area contributed by atoms with Crippen molar-refractivity contribution in [2.24, 2.45) is 5.73 Å². The van der Waals surface area contributed by atoms with Crippen molar-refractivity contribution < 1.29 is 9.59 Å². The first kappa shape index (κ1) is 15.5. The highest BCUT2D eigenvalue weighted by atomic mass is 16.2. The van der Waals surface area contributed by atoms with Crippen LogP contribution in [0.25, 0.3) is 0 Å². The van der Waals surface area contributed by atoms with Crippen molar-refractivity contribution >= 4 is 17.5 Å². The van der Waals surface area contributed by atoms with Crippen LogP contribution in [-0.4, -0.2) is 23.9 Å². The molecule has 0 bridgehead atoms. The van der Waals surface area contributed by atoms with Crippen molar-refractivity contribution in [1.82, 2.24) is 5.32 Å². The second-order valence-corrected chi connectivity index (χ2v) is 5.71. The van der Waals surface area contributed by atoms with Gasteiger partial charge in [-0.3, -0.25) is 9.59 Å². The minimum Gasteiger partial charge on any atom is -0.352 e. The predicted octanol–water partition coefficient (Wildman–Crippen LogP) is 1.95. The van der Waals surface area contributed by atoms with Gasteiger partial charge in [-0.15, -0.1) is 0 Å². The molecule has 2 amide bonds. The van der Waals surface area contributed by atoms with Gasteiger partial charge >= 0.3 is 0 Å². The quantitative estimate of drug-likeness (QED) is 0.792. The Hall–Kier alpha value is -1.88. The molecule has 1 aromatic rings. The summed E-state index contributed by atoms with van der Waals surface area (Å²) in [6.07, 6.45) is 3.41. The summed E-state index contributed by atoms with van der Waals surface area (Å²) in [5, 5.41) is 5.63. The van der Waals surface area contributed by atoms with Crippen molar-refractivity contribution in [3.05, 3.63) is 29.3 Å². The van der Waals surface area contributed by atoms with Gasteiger partial charge in [-0.05, 0) is 44.4 Å². The second kappa shape index (κ2) is 6.26. The van der Waals surface area contributed by atoms with E-state index in [4.69, 9.17) is 5.73 Å². The van der Waals surface area contributed by atoms with Gasteiger partial charge in [-0.1, -0.05) is 18.9 Å². The molecule has 5 nitrogen and oxygen atoms in total. The summed E-state index contributed by atoms with van der Waals surface area (Å²) in [5.41, 5.74) is 7.49. The Bertz CT molecular complexity index is 548. The van der Waals surface area contributed by atoms with Crippen LogP contribution < -0.4 is 16.4 Å². The lowest BCUT2D eigenvalue weighted by atomic mass is 9.97. The van der Waals surface area contributed by atoms with E-state index in [0.717, 1.165) is 18.4 Å². The molecule has 0 aromatic heterocycles. The molecule has 1 fully saturated rings. The lowest BCUT2D eigenvalue weighted by Crippen LogP contribution is -2.48. The highest BCUT2D eigenvalue weighted by Crippen LogP contribution is 2.29. The van der Waals surface area contributed by atoms with Crippen LogP contribution in [0, 0.1) is 6.92 Å². The fourth-order valence-electron chi connectivity index (χ4n) is 2.64. The number of aryl methyl sites for hydroxylation is 1. The van der Waals surface area contributed by atoms with Crippen molar-refractivity contribution in [2.75, 3.05) is 11.9 Å². The topological polar surface area (TPSA) is 84.2 Å². The lowest BCUT2D eigenvalue weighted by Gasteiger charge is -2.23. The molecule has 0 unspecified atom stereocenters. The first-order valence-corrected chi connectivity index (χ1v) is 7.45. The highest BCUT2D eigenvalue weighted by molar-refractivity contribution is 6.01. The SMILES string of the molecule is CCNC(=O)c1ccc(C)c(NC(=O)C2(N)CCCC2)c1. The molecular weight excluding hydrogens is 266 g/mol. The molecule has 0 atom stereocenters. The number of nitrogens with one attached hydrogen (secondary N) is 2. The zero-order chi connectivity index (χ0) is 15.5. The van der Waals surface area contributed by atoms with Gasteiger partial charge in [-0.2, -0.15) is 0 Å². The molecule has 1 saturated carbocycles. The van der Waals surface area contributed by atoms with E-state index in [1.165, 1.54) is 0 Å². The fourth-order valence-corrected chi connectivity index (χ4v) is 2.64. The normalized spacial score (nSPS) is 16.5. The largest absolute Gasteiger partial charge is 0.352 e. The second-order valence-electron chi connectivity index (χ2n) is 5.71. The average molecular weight is 289 g/mol. The summed E-state index contributed by atoms with van der Waals surface area (Å²) in [4.78, 5) is 24.2. The summed E-state index contributed by atoms with van der Waals surface area (Å²) in [7, 11) is 0. The summed E-state index contributed by atoms with van der Waals surface area (Å²) >= 11 is 0. The third-order valence-electron chi connectivity index (χ3n) is 4.03. The van der Waals surface area contributed by atoms with Crippen LogP contribution in [-0.2, 0) is 4.79 Å². The van der Waals surface area contributed by atoms with Crippen molar-refractivity contribution in [3.63, 3.8) is 0 Å². The monoisotopic (exact) mass is 289 g/mol. The number of carbonyl (C=O) groups is 2. The van der Waals surface area contributed by atoms with E-state index in [0.29, 0.717) is 30.6 Å². The first-order chi connectivity index (χ1) is 9.96. The molecule has 4 N–H and O–H groups in total. The number of nitrogens with two attached hydrogens (primary N) is 1. The van der Waals surface area contributed by atoms with Crippen LogP contribution in [0.4, 0.5) is 5.69 Å². The smallest absolute Gasteiger partial charge is 0.251 e. The Morgan fingerprint density at radius 1 is 1.29 bits per heavy atom. The third kappa shape index (κ3) is 3.42. The fraction of sp³-hybridized carbons (Fsp3) is 0.500. The number of rotatable bonds is 4. The molecule has 0 radical (unpaired) electrons. The Morgan fingerprint density at radius 3 is 2.57 bits per heavy atom. The van der Waals surface area contributed by atoms with Gasteiger partial charge in [0.2, 0.25) is 5.91 Å². The molecule has 0 heterocycles. The van der Waals surface area contributed by atoms with Gasteiger partial charge in [0.1, 0.15) is 0 Å². The summed E-state index contributed by atoms with van der Waals surface area (Å²) in [6, 6.07) is 5.29. The van der Waals surface area contributed by atoms with Crippen LogP contribution in [0.15, 0.2) is 18.2 Å². The van der Waals surface area contributed by atoms with Crippen LogP contribution in [0.3, 0.4) is 0 Å². The molecular formula is C16H23N3O2. The van der Waals surface area contributed by atoms with E-state index in [9.17, 15) is 9.59 Å². The molecule has 0 saturated heterocycles. The number of hydrogen-bond donors (Lipinski definition) is 3. The molecule has 114 valence electrons. The van der Waals surface area contributed by atoms with Crippen LogP contribution in [0.1, 0.15) is 48.5 Å². The van der Waals surface area contributed by atoms with E-state index in [2.05, 4.69) is 10.6 Å². The van der Waals surface area contributed by atoms with Crippen LogP contribution in [0.2, 0.25) is 0 Å². The number of carbonyl (C=O) groups excluding carboxylic acids is 2. The zero-order valence-corrected chi connectivity index (χ0v) is 12.7. The van der Waals surface area contributed by atoms with Gasteiger partial charge < -0.3 is 16.4 Å². The molecule has 21 heavy (non-hydrogen) atoms. The van der Waals surface area contributed by atoms with Gasteiger partial charge in [0.05, 0.1) is 5.54 Å². The zero-order valence-electron chi connectivity index (χ0n) is 12.7. The van der Waals surface area contributed by atoms with Crippen molar-refractivity contribution in [1.29, 1.82) is 0 Å². The molecule has 2 rings (SSSR count). The maximum Gasteiger partial charge on any atom is 0.251 e. The van der Waals surface area contributed by atoms with Gasteiger partial charge in [0, 0.05) is 17.8 Å². The molecule has 0 aliphatic heterocycles. The predicted molar refractivity (Wildman–Crippen MR) is 83.2 cm³/mol. The molecule has 5 heteroatoms. The van der Waals surface area contributed by atoms with Crippen LogP contribution >= 0.6 is 0 Å². The number of benzene rings is 1. The Labute approximate surface area is 125 Å². The summed E-state index contributed by atoms with van der Waals surface area (Å²) < 4.78 is 0. The van der Waals surface area contributed by atoms with Gasteiger partial charge in [0.25, 0.3) is 5.91 Å².